The highest BCUT2D eigenvalue weighted by Crippen LogP contribution is 2.35. The maximum absolute atomic E-state index is 12.4. The van der Waals surface area contributed by atoms with Crippen molar-refractivity contribution >= 4 is 56.6 Å². The molecule has 3 heterocycles. The normalized spacial score (nSPS) is 14.3. The van der Waals surface area contributed by atoms with Gasteiger partial charge in [-0.15, -0.1) is 11.3 Å². The van der Waals surface area contributed by atoms with Crippen LogP contribution in [0, 0.1) is 0 Å². The minimum Gasteiger partial charge on any atom is -0.486 e. The number of hydrogen-bond acceptors (Lipinski definition) is 6. The molecule has 1 aliphatic heterocycles. The summed E-state index contributed by atoms with van der Waals surface area (Å²) >= 11 is 4.85. The van der Waals surface area contributed by atoms with Gasteiger partial charge >= 0.3 is 0 Å². The molecule has 5 nitrogen and oxygen atoms in total. The molecule has 8 heteroatoms. The Morgan fingerprint density at radius 3 is 2.89 bits per heavy atom. The van der Waals surface area contributed by atoms with Crippen LogP contribution in [0.3, 0.4) is 0 Å². The van der Waals surface area contributed by atoms with E-state index in [0.717, 1.165) is 38.9 Å². The molecular weight excluding hydrogens is 400 g/mol. The van der Waals surface area contributed by atoms with Crippen molar-refractivity contribution in [3.8, 4) is 11.5 Å². The van der Waals surface area contributed by atoms with Crippen molar-refractivity contribution < 1.29 is 14.3 Å². The van der Waals surface area contributed by atoms with E-state index in [2.05, 4.69) is 15.8 Å². The first-order chi connectivity index (χ1) is 13.2. The number of amides is 1. The van der Waals surface area contributed by atoms with Crippen LogP contribution in [0.25, 0.3) is 16.3 Å². The average Bonchev–Trinajstić information content (AvgIpc) is 3.30. The molecule has 0 bridgehead atoms. The van der Waals surface area contributed by atoms with E-state index >= 15 is 0 Å². The predicted molar refractivity (Wildman–Crippen MR) is 113 cm³/mol. The van der Waals surface area contributed by atoms with Crippen LogP contribution >= 0.6 is 34.4 Å². The summed E-state index contributed by atoms with van der Waals surface area (Å²) in [7, 11) is 0. The summed E-state index contributed by atoms with van der Waals surface area (Å²) in [5.41, 5.74) is 1.02. The van der Waals surface area contributed by atoms with Crippen LogP contribution in [0.2, 0.25) is 0 Å². The molecule has 1 aliphatic rings. The highest BCUT2D eigenvalue weighted by molar-refractivity contribution is 7.98. The van der Waals surface area contributed by atoms with E-state index in [0.29, 0.717) is 18.0 Å². The number of fused-ring (bicyclic) bond motifs is 2. The SMILES string of the molecule is CSCCn1c(=NC(=O)/C=C/c2cccs2)sc2cc3c(cc21)OCCO3. The summed E-state index contributed by atoms with van der Waals surface area (Å²) in [6, 6.07) is 7.90. The van der Waals surface area contributed by atoms with E-state index in [9.17, 15) is 4.79 Å². The van der Waals surface area contributed by atoms with E-state index in [1.54, 1.807) is 29.2 Å². The van der Waals surface area contributed by atoms with Crippen LogP contribution < -0.4 is 14.3 Å². The number of aryl methyl sites for hydroxylation is 1. The minimum absolute atomic E-state index is 0.259. The van der Waals surface area contributed by atoms with E-state index in [1.165, 1.54) is 17.4 Å². The molecule has 4 rings (SSSR count). The molecule has 27 heavy (non-hydrogen) atoms. The number of rotatable bonds is 5. The van der Waals surface area contributed by atoms with Gasteiger partial charge in [0.2, 0.25) is 0 Å². The van der Waals surface area contributed by atoms with Crippen molar-refractivity contribution in [1.29, 1.82) is 0 Å². The number of benzene rings is 1. The zero-order chi connectivity index (χ0) is 18.6. The van der Waals surface area contributed by atoms with Gasteiger partial charge in [0.25, 0.3) is 5.91 Å². The number of thiophene rings is 1. The molecule has 0 saturated heterocycles. The van der Waals surface area contributed by atoms with Gasteiger partial charge in [-0.3, -0.25) is 4.79 Å². The Kier molecular flexibility index (Phi) is 5.66. The highest BCUT2D eigenvalue weighted by Gasteiger charge is 2.16. The molecule has 0 atom stereocenters. The molecule has 1 amide bonds. The lowest BCUT2D eigenvalue weighted by Crippen LogP contribution is -2.18. The van der Waals surface area contributed by atoms with E-state index in [4.69, 9.17) is 9.47 Å². The third-order valence-electron chi connectivity index (χ3n) is 4.00. The van der Waals surface area contributed by atoms with Crippen molar-refractivity contribution in [2.24, 2.45) is 4.99 Å². The number of aromatic nitrogens is 1. The number of hydrogen-bond donors (Lipinski definition) is 0. The zero-order valence-corrected chi connectivity index (χ0v) is 17.2. The first-order valence-electron chi connectivity index (χ1n) is 8.47. The predicted octanol–water partition coefficient (Wildman–Crippen LogP) is 4.04. The monoisotopic (exact) mass is 418 g/mol. The second-order valence-corrected chi connectivity index (χ2v) is 8.77. The summed E-state index contributed by atoms with van der Waals surface area (Å²) in [6.07, 6.45) is 5.39. The number of ether oxygens (including phenoxy) is 2. The lowest BCUT2D eigenvalue weighted by Gasteiger charge is -2.18. The van der Waals surface area contributed by atoms with E-state index in [1.807, 2.05) is 29.6 Å². The summed E-state index contributed by atoms with van der Waals surface area (Å²) in [4.78, 5) is 18.4. The Morgan fingerprint density at radius 1 is 1.33 bits per heavy atom. The summed E-state index contributed by atoms with van der Waals surface area (Å²) in [5, 5.41) is 1.98. The van der Waals surface area contributed by atoms with Crippen LogP contribution in [-0.2, 0) is 11.3 Å². The fourth-order valence-corrected chi connectivity index (χ4v) is 4.82. The van der Waals surface area contributed by atoms with Crippen molar-refractivity contribution in [3.05, 3.63) is 45.4 Å². The van der Waals surface area contributed by atoms with Gasteiger partial charge in [0.1, 0.15) is 13.2 Å². The minimum atomic E-state index is -0.259. The van der Waals surface area contributed by atoms with Gasteiger partial charge in [-0.25, -0.2) is 0 Å². The van der Waals surface area contributed by atoms with Gasteiger partial charge in [-0.2, -0.15) is 16.8 Å². The molecule has 0 spiro atoms. The van der Waals surface area contributed by atoms with Crippen molar-refractivity contribution in [3.63, 3.8) is 0 Å². The molecule has 0 fully saturated rings. The third kappa shape index (κ3) is 4.12. The van der Waals surface area contributed by atoms with Gasteiger partial charge < -0.3 is 14.0 Å². The quantitative estimate of drug-likeness (QED) is 0.587. The number of carbonyl (C=O) groups is 1. The largest absolute Gasteiger partial charge is 0.486 e. The van der Waals surface area contributed by atoms with Crippen LogP contribution in [0.5, 0.6) is 11.5 Å². The second kappa shape index (κ2) is 8.33. The van der Waals surface area contributed by atoms with Gasteiger partial charge in [0, 0.05) is 35.4 Å². The molecular formula is C19H18N2O3S3. The average molecular weight is 419 g/mol. The molecule has 3 aromatic rings. The molecule has 0 aliphatic carbocycles. The van der Waals surface area contributed by atoms with Crippen molar-refractivity contribution in [1.82, 2.24) is 4.57 Å². The number of carbonyl (C=O) groups excluding carboxylic acids is 1. The number of thioether (sulfide) groups is 1. The fraction of sp³-hybridized carbons (Fsp3) is 0.263. The van der Waals surface area contributed by atoms with Gasteiger partial charge in [0.05, 0.1) is 10.2 Å². The third-order valence-corrected chi connectivity index (χ3v) is 6.47. The van der Waals surface area contributed by atoms with Crippen LogP contribution in [0.15, 0.2) is 40.7 Å². The summed E-state index contributed by atoms with van der Waals surface area (Å²) in [5.74, 6) is 2.18. The Bertz CT molecular complexity index is 1050. The molecule has 0 saturated carbocycles. The molecule has 140 valence electrons. The fourth-order valence-electron chi connectivity index (χ4n) is 2.76. The van der Waals surface area contributed by atoms with Crippen molar-refractivity contribution in [2.45, 2.75) is 6.54 Å². The van der Waals surface area contributed by atoms with E-state index < -0.39 is 0 Å². The van der Waals surface area contributed by atoms with Gasteiger partial charge in [0.15, 0.2) is 16.3 Å². The molecule has 1 aromatic carbocycles. The Morgan fingerprint density at radius 2 is 2.15 bits per heavy atom. The number of nitrogens with zero attached hydrogens (tertiary/aromatic N) is 2. The summed E-state index contributed by atoms with van der Waals surface area (Å²) in [6.45, 7) is 1.89. The standard InChI is InChI=1S/C19H18N2O3S3/c1-25-10-6-21-14-11-15-16(24-8-7-23-15)12-17(14)27-19(21)20-18(22)5-4-13-3-2-9-26-13/h2-5,9,11-12H,6-8,10H2,1H3/b5-4+,20-19?. The van der Waals surface area contributed by atoms with Gasteiger partial charge in [-0.05, 0) is 23.8 Å². The van der Waals surface area contributed by atoms with Crippen LogP contribution in [0.1, 0.15) is 4.88 Å². The second-order valence-electron chi connectivity index (χ2n) is 5.79. The van der Waals surface area contributed by atoms with Crippen LogP contribution in [-0.4, -0.2) is 35.7 Å². The molecule has 0 unspecified atom stereocenters. The smallest absolute Gasteiger partial charge is 0.272 e. The van der Waals surface area contributed by atoms with Crippen LogP contribution in [0.4, 0.5) is 0 Å². The topological polar surface area (TPSA) is 52.8 Å². The Labute approximate surface area is 169 Å². The lowest BCUT2D eigenvalue weighted by molar-refractivity contribution is -0.113. The molecule has 2 aromatic heterocycles. The zero-order valence-electron chi connectivity index (χ0n) is 14.7. The Balaban J connectivity index is 1.74. The first kappa shape index (κ1) is 18.3. The highest BCUT2D eigenvalue weighted by atomic mass is 32.2. The van der Waals surface area contributed by atoms with E-state index in [-0.39, 0.29) is 5.91 Å². The van der Waals surface area contributed by atoms with Gasteiger partial charge in [-0.1, -0.05) is 17.4 Å². The maximum Gasteiger partial charge on any atom is 0.272 e. The first-order valence-corrected chi connectivity index (χ1v) is 11.6. The molecule has 0 radical (unpaired) electrons. The Hall–Kier alpha value is -2.03. The lowest BCUT2D eigenvalue weighted by atomic mass is 10.2. The molecule has 0 N–H and O–H groups in total. The number of thiazole rings is 1. The summed E-state index contributed by atoms with van der Waals surface area (Å²) < 4.78 is 14.5. The maximum atomic E-state index is 12.4. The van der Waals surface area contributed by atoms with Crippen molar-refractivity contribution in [2.75, 3.05) is 25.2 Å².